The Balaban J connectivity index is 1.40. The molecule has 1 unspecified atom stereocenters. The standard InChI is InChI=1S/C22H21BrN4O2/c23-18-7-10-20(24-14-18)25-21(28)17-4-3-13-27(15-17)22(29)16-5-8-19(9-6-16)26-11-1-2-12-26/h1-2,5-12,14,17H,3-4,13,15H2,(H,24,25,28). The lowest BCUT2D eigenvalue weighted by molar-refractivity contribution is -0.121. The van der Waals surface area contributed by atoms with Crippen LogP contribution in [-0.4, -0.2) is 39.4 Å². The number of hydrogen-bond acceptors (Lipinski definition) is 3. The fraction of sp³-hybridized carbons (Fsp3) is 0.227. The summed E-state index contributed by atoms with van der Waals surface area (Å²) in [4.78, 5) is 31.5. The van der Waals surface area contributed by atoms with E-state index in [0.717, 1.165) is 23.0 Å². The summed E-state index contributed by atoms with van der Waals surface area (Å²) >= 11 is 3.33. The summed E-state index contributed by atoms with van der Waals surface area (Å²) in [5, 5.41) is 2.85. The van der Waals surface area contributed by atoms with Gasteiger partial charge in [0.2, 0.25) is 5.91 Å². The first-order chi connectivity index (χ1) is 14.1. The third-order valence-electron chi connectivity index (χ3n) is 5.07. The largest absolute Gasteiger partial charge is 0.338 e. The molecule has 1 aliphatic rings. The fourth-order valence-corrected chi connectivity index (χ4v) is 3.75. The summed E-state index contributed by atoms with van der Waals surface area (Å²) in [7, 11) is 0. The zero-order chi connectivity index (χ0) is 20.2. The molecule has 3 heterocycles. The zero-order valence-electron chi connectivity index (χ0n) is 15.8. The Morgan fingerprint density at radius 2 is 1.83 bits per heavy atom. The van der Waals surface area contributed by atoms with Crippen molar-refractivity contribution in [3.63, 3.8) is 0 Å². The second-order valence-electron chi connectivity index (χ2n) is 7.08. The molecule has 29 heavy (non-hydrogen) atoms. The van der Waals surface area contributed by atoms with Crippen LogP contribution >= 0.6 is 15.9 Å². The number of piperidine rings is 1. The normalized spacial score (nSPS) is 16.4. The minimum Gasteiger partial charge on any atom is -0.338 e. The average molecular weight is 453 g/mol. The smallest absolute Gasteiger partial charge is 0.253 e. The van der Waals surface area contributed by atoms with E-state index < -0.39 is 0 Å². The van der Waals surface area contributed by atoms with Crippen molar-refractivity contribution in [1.29, 1.82) is 0 Å². The molecule has 3 aromatic rings. The summed E-state index contributed by atoms with van der Waals surface area (Å²) in [5.41, 5.74) is 1.64. The molecule has 1 fully saturated rings. The summed E-state index contributed by atoms with van der Waals surface area (Å²) < 4.78 is 2.85. The molecule has 1 aromatic carbocycles. The van der Waals surface area contributed by atoms with Gasteiger partial charge >= 0.3 is 0 Å². The van der Waals surface area contributed by atoms with E-state index in [2.05, 4.69) is 26.2 Å². The Labute approximate surface area is 177 Å². The lowest BCUT2D eigenvalue weighted by atomic mass is 9.96. The van der Waals surface area contributed by atoms with Gasteiger partial charge in [-0.05, 0) is 77.3 Å². The lowest BCUT2D eigenvalue weighted by Crippen LogP contribution is -2.43. The Morgan fingerprint density at radius 3 is 2.52 bits per heavy atom. The third kappa shape index (κ3) is 4.56. The first-order valence-corrected chi connectivity index (χ1v) is 10.3. The number of nitrogens with one attached hydrogen (secondary N) is 1. The lowest BCUT2D eigenvalue weighted by Gasteiger charge is -2.32. The third-order valence-corrected chi connectivity index (χ3v) is 5.54. The SMILES string of the molecule is O=C(Nc1ccc(Br)cn1)C1CCCN(C(=O)c2ccc(-n3cccc3)cc2)C1. The number of hydrogen-bond donors (Lipinski definition) is 1. The van der Waals surface area contributed by atoms with Crippen molar-refractivity contribution in [2.45, 2.75) is 12.8 Å². The monoisotopic (exact) mass is 452 g/mol. The van der Waals surface area contributed by atoms with E-state index in [4.69, 9.17) is 0 Å². The van der Waals surface area contributed by atoms with Crippen molar-refractivity contribution in [3.8, 4) is 5.69 Å². The second-order valence-corrected chi connectivity index (χ2v) is 7.99. The highest BCUT2D eigenvalue weighted by atomic mass is 79.9. The summed E-state index contributed by atoms with van der Waals surface area (Å²) in [6, 6.07) is 15.0. The molecule has 6 nitrogen and oxygen atoms in total. The molecule has 0 saturated carbocycles. The van der Waals surface area contributed by atoms with Crippen LogP contribution in [0.3, 0.4) is 0 Å². The van der Waals surface area contributed by atoms with E-state index in [0.29, 0.717) is 24.5 Å². The van der Waals surface area contributed by atoms with E-state index in [1.165, 1.54) is 0 Å². The van der Waals surface area contributed by atoms with E-state index in [1.807, 2.05) is 59.4 Å². The number of carbonyl (C=O) groups excluding carboxylic acids is 2. The average Bonchev–Trinajstić information content (AvgIpc) is 3.30. The van der Waals surface area contributed by atoms with Gasteiger partial charge in [0.15, 0.2) is 0 Å². The maximum atomic E-state index is 12.9. The van der Waals surface area contributed by atoms with Gasteiger partial charge in [-0.2, -0.15) is 0 Å². The van der Waals surface area contributed by atoms with Crippen LogP contribution in [0.4, 0.5) is 5.82 Å². The molecule has 1 atom stereocenters. The molecule has 7 heteroatoms. The van der Waals surface area contributed by atoms with Crippen LogP contribution in [0.2, 0.25) is 0 Å². The van der Waals surface area contributed by atoms with Gasteiger partial charge in [0.1, 0.15) is 5.82 Å². The number of rotatable bonds is 4. The summed E-state index contributed by atoms with van der Waals surface area (Å²) in [6.45, 7) is 1.08. The number of amides is 2. The number of nitrogens with zero attached hydrogens (tertiary/aromatic N) is 3. The number of halogens is 1. The molecular formula is C22H21BrN4O2. The van der Waals surface area contributed by atoms with Gasteiger partial charge in [-0.15, -0.1) is 0 Å². The molecule has 1 saturated heterocycles. The van der Waals surface area contributed by atoms with Crippen molar-refractivity contribution in [3.05, 3.63) is 77.2 Å². The van der Waals surface area contributed by atoms with Gasteiger partial charge in [0.25, 0.3) is 5.91 Å². The second kappa shape index (κ2) is 8.61. The molecule has 1 aliphatic heterocycles. The van der Waals surface area contributed by atoms with E-state index >= 15 is 0 Å². The van der Waals surface area contributed by atoms with Crippen molar-refractivity contribution in [1.82, 2.24) is 14.5 Å². The van der Waals surface area contributed by atoms with E-state index in [-0.39, 0.29) is 17.7 Å². The van der Waals surface area contributed by atoms with Crippen molar-refractivity contribution in [2.75, 3.05) is 18.4 Å². The van der Waals surface area contributed by atoms with Gasteiger partial charge in [-0.3, -0.25) is 9.59 Å². The van der Waals surface area contributed by atoms with Gasteiger partial charge in [-0.1, -0.05) is 0 Å². The van der Waals surface area contributed by atoms with Gasteiger partial charge < -0.3 is 14.8 Å². The Morgan fingerprint density at radius 1 is 1.07 bits per heavy atom. The van der Waals surface area contributed by atoms with Gasteiger partial charge in [-0.25, -0.2) is 4.98 Å². The maximum absolute atomic E-state index is 12.9. The van der Waals surface area contributed by atoms with Crippen LogP contribution in [0, 0.1) is 5.92 Å². The number of anilines is 1. The summed E-state index contributed by atoms with van der Waals surface area (Å²) in [5.74, 6) is 0.142. The van der Waals surface area contributed by atoms with Crippen LogP contribution in [0.5, 0.6) is 0 Å². The molecular weight excluding hydrogens is 432 g/mol. The molecule has 0 spiro atoms. The number of carbonyl (C=O) groups is 2. The van der Waals surface area contributed by atoms with Crippen LogP contribution in [-0.2, 0) is 4.79 Å². The predicted octanol–water partition coefficient (Wildman–Crippen LogP) is 4.13. The highest BCUT2D eigenvalue weighted by molar-refractivity contribution is 9.10. The Hall–Kier alpha value is -2.93. The summed E-state index contributed by atoms with van der Waals surface area (Å²) in [6.07, 6.45) is 7.14. The highest BCUT2D eigenvalue weighted by Gasteiger charge is 2.29. The van der Waals surface area contributed by atoms with E-state index in [1.54, 1.807) is 17.2 Å². The van der Waals surface area contributed by atoms with Crippen molar-refractivity contribution >= 4 is 33.6 Å². The first kappa shape index (κ1) is 19.4. The molecule has 0 aliphatic carbocycles. The molecule has 4 rings (SSSR count). The van der Waals surface area contributed by atoms with E-state index in [9.17, 15) is 9.59 Å². The van der Waals surface area contributed by atoms with Crippen molar-refractivity contribution < 1.29 is 9.59 Å². The van der Waals surface area contributed by atoms with Crippen molar-refractivity contribution in [2.24, 2.45) is 5.92 Å². The topological polar surface area (TPSA) is 67.2 Å². The minimum atomic E-state index is -0.239. The molecule has 2 aromatic heterocycles. The highest BCUT2D eigenvalue weighted by Crippen LogP contribution is 2.21. The fourth-order valence-electron chi connectivity index (χ4n) is 3.52. The minimum absolute atomic E-state index is 0.0386. The number of aromatic nitrogens is 2. The molecule has 2 amide bonds. The van der Waals surface area contributed by atoms with Crippen LogP contribution in [0.25, 0.3) is 5.69 Å². The number of pyridine rings is 1. The van der Waals surface area contributed by atoms with Gasteiger partial charge in [0.05, 0.1) is 5.92 Å². The Bertz CT molecular complexity index is 985. The quantitative estimate of drug-likeness (QED) is 0.646. The number of likely N-dealkylation sites (tertiary alicyclic amines) is 1. The van der Waals surface area contributed by atoms with Gasteiger partial charge in [0, 0.05) is 47.4 Å². The first-order valence-electron chi connectivity index (χ1n) is 9.55. The zero-order valence-corrected chi connectivity index (χ0v) is 17.4. The van der Waals surface area contributed by atoms with Crippen LogP contribution in [0.15, 0.2) is 71.6 Å². The van der Waals surface area contributed by atoms with Crippen LogP contribution in [0.1, 0.15) is 23.2 Å². The van der Waals surface area contributed by atoms with Crippen LogP contribution < -0.4 is 5.32 Å². The molecule has 1 N–H and O–H groups in total. The maximum Gasteiger partial charge on any atom is 0.253 e. The molecule has 148 valence electrons. The molecule has 0 radical (unpaired) electrons. The predicted molar refractivity (Wildman–Crippen MR) is 115 cm³/mol. The number of benzene rings is 1. The molecule has 0 bridgehead atoms. The Kier molecular flexibility index (Phi) is 5.76.